The van der Waals surface area contributed by atoms with E-state index in [1.807, 2.05) is 12.1 Å². The Hall–Kier alpha value is -1.96. The average molecular weight is 334 g/mol. The van der Waals surface area contributed by atoms with E-state index >= 15 is 0 Å². The van der Waals surface area contributed by atoms with Gasteiger partial charge in [0.25, 0.3) is 5.91 Å². The molecule has 0 aromatic heterocycles. The molecule has 1 saturated heterocycles. The molecular formula is C17H26N4O3. The summed E-state index contributed by atoms with van der Waals surface area (Å²) in [4.78, 5) is 25.8. The molecule has 132 valence electrons. The number of nitrogens with zero attached hydrogens (tertiary/aromatic N) is 1. The molecule has 1 heterocycles. The molecule has 1 atom stereocenters. The van der Waals surface area contributed by atoms with E-state index in [-0.39, 0.29) is 25.0 Å². The van der Waals surface area contributed by atoms with Gasteiger partial charge in [-0.3, -0.25) is 9.59 Å². The first-order valence-electron chi connectivity index (χ1n) is 8.23. The zero-order chi connectivity index (χ0) is 17.5. The fraction of sp³-hybridized carbons (Fsp3) is 0.529. The van der Waals surface area contributed by atoms with Gasteiger partial charge in [-0.15, -0.1) is 0 Å². The van der Waals surface area contributed by atoms with Gasteiger partial charge < -0.3 is 26.0 Å². The predicted molar refractivity (Wildman–Crippen MR) is 93.9 cm³/mol. The number of hydrogen-bond acceptors (Lipinski definition) is 5. The highest BCUT2D eigenvalue weighted by Gasteiger charge is 2.20. The highest BCUT2D eigenvalue weighted by Crippen LogP contribution is 2.19. The van der Waals surface area contributed by atoms with Crippen LogP contribution in [-0.4, -0.2) is 50.7 Å². The summed E-state index contributed by atoms with van der Waals surface area (Å²) in [6, 6.07) is 6.78. The molecule has 2 amide bonds. The van der Waals surface area contributed by atoms with E-state index in [0.29, 0.717) is 24.8 Å². The van der Waals surface area contributed by atoms with Gasteiger partial charge in [-0.1, -0.05) is 13.8 Å². The molecule has 0 bridgehead atoms. The van der Waals surface area contributed by atoms with Crippen molar-refractivity contribution < 1.29 is 14.3 Å². The lowest BCUT2D eigenvalue weighted by molar-refractivity contribution is -0.125. The Morgan fingerprint density at radius 3 is 2.62 bits per heavy atom. The maximum absolute atomic E-state index is 12.3. The van der Waals surface area contributed by atoms with Crippen molar-refractivity contribution in [2.45, 2.75) is 19.9 Å². The highest BCUT2D eigenvalue weighted by atomic mass is 16.5. The highest BCUT2D eigenvalue weighted by molar-refractivity contribution is 5.97. The van der Waals surface area contributed by atoms with Crippen molar-refractivity contribution in [3.63, 3.8) is 0 Å². The monoisotopic (exact) mass is 334 g/mol. The third-order valence-corrected chi connectivity index (χ3v) is 3.76. The number of morpholine rings is 1. The van der Waals surface area contributed by atoms with Gasteiger partial charge >= 0.3 is 0 Å². The van der Waals surface area contributed by atoms with E-state index in [4.69, 9.17) is 10.5 Å². The number of rotatable bonds is 7. The number of nitrogens with one attached hydrogen (secondary N) is 2. The molecule has 1 aromatic carbocycles. The summed E-state index contributed by atoms with van der Waals surface area (Å²) < 4.78 is 5.12. The van der Waals surface area contributed by atoms with Gasteiger partial charge in [-0.25, -0.2) is 0 Å². The lowest BCUT2D eigenvalue weighted by Gasteiger charge is -2.27. The first-order valence-corrected chi connectivity index (χ1v) is 8.23. The van der Waals surface area contributed by atoms with E-state index in [2.05, 4.69) is 24.5 Å². The lowest BCUT2D eigenvalue weighted by Crippen LogP contribution is -2.46. The minimum absolute atomic E-state index is 0.0564. The van der Waals surface area contributed by atoms with Crippen LogP contribution < -0.4 is 21.3 Å². The van der Waals surface area contributed by atoms with E-state index in [0.717, 1.165) is 12.2 Å². The largest absolute Gasteiger partial charge is 0.370 e. The molecule has 1 aromatic rings. The number of hydrogen-bond donors (Lipinski definition) is 3. The summed E-state index contributed by atoms with van der Waals surface area (Å²) in [5.74, 6) is 0.227. The number of ether oxygens (including phenoxy) is 1. The van der Waals surface area contributed by atoms with Crippen molar-refractivity contribution >= 4 is 23.2 Å². The van der Waals surface area contributed by atoms with Crippen LogP contribution >= 0.6 is 0 Å². The van der Waals surface area contributed by atoms with Crippen LogP contribution in [0.5, 0.6) is 0 Å². The van der Waals surface area contributed by atoms with Crippen molar-refractivity contribution in [2.75, 3.05) is 43.1 Å². The molecule has 1 fully saturated rings. The van der Waals surface area contributed by atoms with E-state index < -0.39 is 6.04 Å². The number of anilines is 2. The zero-order valence-corrected chi connectivity index (χ0v) is 14.2. The fourth-order valence-corrected chi connectivity index (χ4v) is 2.41. The number of benzene rings is 1. The van der Waals surface area contributed by atoms with Crippen LogP contribution in [0.2, 0.25) is 0 Å². The van der Waals surface area contributed by atoms with Gasteiger partial charge in [0.2, 0.25) is 5.91 Å². The van der Waals surface area contributed by atoms with Gasteiger partial charge in [-0.05, 0) is 36.7 Å². The molecule has 4 N–H and O–H groups in total. The Balaban J connectivity index is 1.95. The Labute approximate surface area is 142 Å². The number of nitrogens with two attached hydrogens (primary N) is 1. The van der Waals surface area contributed by atoms with Crippen LogP contribution in [0.15, 0.2) is 24.3 Å². The summed E-state index contributed by atoms with van der Waals surface area (Å²) in [6.45, 7) is 6.29. The second-order valence-electron chi connectivity index (χ2n) is 6.22. The predicted octanol–water partition coefficient (Wildman–Crippen LogP) is 0.561. The molecule has 0 radical (unpaired) electrons. The summed E-state index contributed by atoms with van der Waals surface area (Å²) >= 11 is 0. The zero-order valence-electron chi connectivity index (χ0n) is 14.2. The molecule has 1 aliphatic rings. The first-order chi connectivity index (χ1) is 11.5. The molecule has 7 nitrogen and oxygen atoms in total. The van der Waals surface area contributed by atoms with E-state index in [1.165, 1.54) is 0 Å². The number of carbonyl (C=O) groups is 2. The van der Waals surface area contributed by atoms with E-state index in [9.17, 15) is 9.59 Å². The van der Waals surface area contributed by atoms with Crippen molar-refractivity contribution in [3.05, 3.63) is 24.3 Å². The third-order valence-electron chi connectivity index (χ3n) is 3.76. The number of amides is 2. The van der Waals surface area contributed by atoms with Crippen LogP contribution in [0.25, 0.3) is 0 Å². The van der Waals surface area contributed by atoms with Crippen molar-refractivity contribution in [1.29, 1.82) is 0 Å². The van der Waals surface area contributed by atoms with Gasteiger partial charge in [0.15, 0.2) is 0 Å². The molecule has 0 spiro atoms. The molecular weight excluding hydrogens is 308 g/mol. The van der Waals surface area contributed by atoms with Crippen molar-refractivity contribution in [1.82, 2.24) is 5.32 Å². The Morgan fingerprint density at radius 1 is 1.33 bits per heavy atom. The van der Waals surface area contributed by atoms with Crippen LogP contribution in [0.1, 0.15) is 13.8 Å². The van der Waals surface area contributed by atoms with Crippen LogP contribution in [0, 0.1) is 5.92 Å². The van der Waals surface area contributed by atoms with Crippen LogP contribution in [-0.2, 0) is 14.3 Å². The Bertz CT molecular complexity index is 559. The van der Waals surface area contributed by atoms with Gasteiger partial charge in [-0.2, -0.15) is 0 Å². The molecule has 0 aliphatic carbocycles. The fourth-order valence-electron chi connectivity index (χ4n) is 2.41. The van der Waals surface area contributed by atoms with Gasteiger partial charge in [0.05, 0.1) is 12.6 Å². The Morgan fingerprint density at radius 2 is 2.04 bits per heavy atom. The van der Waals surface area contributed by atoms with Crippen molar-refractivity contribution in [2.24, 2.45) is 11.7 Å². The summed E-state index contributed by atoms with van der Waals surface area (Å²) in [5.41, 5.74) is 7.15. The van der Waals surface area contributed by atoms with Crippen LogP contribution in [0.4, 0.5) is 11.4 Å². The molecule has 0 unspecified atom stereocenters. The first kappa shape index (κ1) is 18.4. The standard InChI is InChI=1S/C17H26N4O3/c1-12(2)10-19-15(9-18)17(23)20-13-3-5-14(6-4-13)21-7-8-24-11-16(21)22/h3-6,12,15,19H,7-11,18H2,1-2H3,(H,20,23)/t15-/m0/s1. The summed E-state index contributed by atoms with van der Waals surface area (Å²) in [6.07, 6.45) is 0. The molecule has 0 saturated carbocycles. The molecule has 2 rings (SSSR count). The maximum Gasteiger partial charge on any atom is 0.253 e. The second-order valence-corrected chi connectivity index (χ2v) is 6.22. The lowest BCUT2D eigenvalue weighted by atomic mass is 10.2. The molecule has 7 heteroatoms. The average Bonchev–Trinajstić information content (AvgIpc) is 2.56. The SMILES string of the molecule is CC(C)CN[C@@H](CN)C(=O)Nc1ccc(N2CCOCC2=O)cc1. The van der Waals surface area contributed by atoms with E-state index in [1.54, 1.807) is 17.0 Å². The molecule has 24 heavy (non-hydrogen) atoms. The van der Waals surface area contributed by atoms with Crippen LogP contribution in [0.3, 0.4) is 0 Å². The van der Waals surface area contributed by atoms with Gasteiger partial charge in [0.1, 0.15) is 6.61 Å². The number of carbonyl (C=O) groups excluding carboxylic acids is 2. The Kier molecular flexibility index (Phi) is 6.72. The minimum Gasteiger partial charge on any atom is -0.370 e. The van der Waals surface area contributed by atoms with Crippen molar-refractivity contribution in [3.8, 4) is 0 Å². The smallest absolute Gasteiger partial charge is 0.253 e. The molecule has 1 aliphatic heterocycles. The summed E-state index contributed by atoms with van der Waals surface area (Å²) in [5, 5.41) is 6.00. The maximum atomic E-state index is 12.3. The minimum atomic E-state index is -0.423. The quantitative estimate of drug-likeness (QED) is 0.677. The third kappa shape index (κ3) is 5.02. The summed E-state index contributed by atoms with van der Waals surface area (Å²) in [7, 11) is 0. The normalized spacial score (nSPS) is 16.3. The topological polar surface area (TPSA) is 96.7 Å². The second kappa shape index (κ2) is 8.77. The van der Waals surface area contributed by atoms with Gasteiger partial charge in [0, 0.05) is 24.5 Å².